The van der Waals surface area contributed by atoms with Gasteiger partial charge >= 0.3 is 6.03 Å². The quantitative estimate of drug-likeness (QED) is 0.748. The van der Waals surface area contributed by atoms with E-state index in [1.807, 2.05) is 35.6 Å². The van der Waals surface area contributed by atoms with Crippen LogP contribution < -0.4 is 11.1 Å². The number of benzene rings is 1. The van der Waals surface area contributed by atoms with Gasteiger partial charge in [0.2, 0.25) is 11.8 Å². The molecule has 1 aliphatic rings. The molecule has 1 heterocycles. The molecule has 2 rings (SSSR count). The van der Waals surface area contributed by atoms with Gasteiger partial charge in [-0.05, 0) is 18.4 Å². The molecule has 0 spiro atoms. The maximum Gasteiger partial charge on any atom is 0.331 e. The van der Waals surface area contributed by atoms with Crippen LogP contribution in [-0.4, -0.2) is 35.3 Å². The van der Waals surface area contributed by atoms with Gasteiger partial charge in [0.25, 0.3) is 0 Å². The van der Waals surface area contributed by atoms with Crippen LogP contribution in [0.15, 0.2) is 30.3 Å². The second-order valence-corrected chi connectivity index (χ2v) is 4.41. The maximum atomic E-state index is 11.9. The summed E-state index contributed by atoms with van der Waals surface area (Å²) in [4.78, 5) is 35.1. The Morgan fingerprint density at radius 1 is 1.32 bits per heavy atom. The summed E-state index contributed by atoms with van der Waals surface area (Å²) in [6, 6.07) is 8.16. The van der Waals surface area contributed by atoms with Crippen molar-refractivity contribution in [3.63, 3.8) is 0 Å². The minimum atomic E-state index is -0.781. The summed E-state index contributed by atoms with van der Waals surface area (Å²) >= 11 is 0. The Kier molecular flexibility index (Phi) is 3.91. The number of aryl methyl sites for hydroxylation is 1. The Bertz CT molecular complexity index is 501. The van der Waals surface area contributed by atoms with Gasteiger partial charge in [-0.1, -0.05) is 30.3 Å². The standard InChI is InChI=1S/C13H15N3O3/c14-10(7-6-9-4-2-1-3-5-9)12(18)16-8-11(17)15-13(16)19/h1-5,10H,6-8,14H2,(H,15,17,19). The number of amides is 4. The Morgan fingerprint density at radius 3 is 2.58 bits per heavy atom. The third kappa shape index (κ3) is 3.17. The maximum absolute atomic E-state index is 11.9. The van der Waals surface area contributed by atoms with Gasteiger partial charge in [0, 0.05) is 0 Å². The zero-order valence-corrected chi connectivity index (χ0v) is 10.3. The average molecular weight is 261 g/mol. The molecule has 1 saturated heterocycles. The van der Waals surface area contributed by atoms with Crippen LogP contribution in [0.3, 0.4) is 0 Å². The molecule has 1 aromatic carbocycles. The average Bonchev–Trinajstić information content (AvgIpc) is 2.75. The van der Waals surface area contributed by atoms with E-state index < -0.39 is 23.9 Å². The zero-order valence-electron chi connectivity index (χ0n) is 10.3. The van der Waals surface area contributed by atoms with Gasteiger partial charge < -0.3 is 5.73 Å². The first-order valence-corrected chi connectivity index (χ1v) is 6.02. The lowest BCUT2D eigenvalue weighted by Crippen LogP contribution is -2.45. The van der Waals surface area contributed by atoms with Crippen LogP contribution in [0.1, 0.15) is 12.0 Å². The van der Waals surface area contributed by atoms with Crippen LogP contribution in [0.5, 0.6) is 0 Å². The highest BCUT2D eigenvalue weighted by Crippen LogP contribution is 2.07. The number of carbonyl (C=O) groups excluding carboxylic acids is 3. The number of rotatable bonds is 4. The molecular formula is C13H15N3O3. The van der Waals surface area contributed by atoms with Gasteiger partial charge in [0.1, 0.15) is 6.54 Å². The fourth-order valence-electron chi connectivity index (χ4n) is 1.91. The number of nitrogens with zero attached hydrogens (tertiary/aromatic N) is 1. The number of hydrogen-bond acceptors (Lipinski definition) is 4. The van der Waals surface area contributed by atoms with Crippen molar-refractivity contribution in [1.29, 1.82) is 0 Å². The Morgan fingerprint density at radius 2 is 2.00 bits per heavy atom. The molecule has 0 aliphatic carbocycles. The van der Waals surface area contributed by atoms with E-state index in [9.17, 15) is 14.4 Å². The number of hydrogen-bond donors (Lipinski definition) is 2. The molecule has 3 N–H and O–H groups in total. The molecule has 1 aromatic rings. The minimum absolute atomic E-state index is 0.239. The topological polar surface area (TPSA) is 92.5 Å². The largest absolute Gasteiger partial charge is 0.331 e. The van der Waals surface area contributed by atoms with E-state index in [1.54, 1.807) is 0 Å². The smallest absolute Gasteiger partial charge is 0.320 e. The summed E-state index contributed by atoms with van der Waals surface area (Å²) in [6.45, 7) is -0.239. The van der Waals surface area contributed by atoms with E-state index in [0.717, 1.165) is 10.5 Å². The van der Waals surface area contributed by atoms with Crippen LogP contribution in [0, 0.1) is 0 Å². The van der Waals surface area contributed by atoms with Crippen LogP contribution >= 0.6 is 0 Å². The van der Waals surface area contributed by atoms with E-state index in [0.29, 0.717) is 12.8 Å². The van der Waals surface area contributed by atoms with Crippen LogP contribution in [0.4, 0.5) is 4.79 Å². The van der Waals surface area contributed by atoms with Crippen molar-refractivity contribution in [1.82, 2.24) is 10.2 Å². The second-order valence-electron chi connectivity index (χ2n) is 4.41. The van der Waals surface area contributed by atoms with Crippen molar-refractivity contribution >= 4 is 17.8 Å². The first-order chi connectivity index (χ1) is 9.08. The van der Waals surface area contributed by atoms with Crippen LogP contribution in [0.2, 0.25) is 0 Å². The predicted molar refractivity (Wildman–Crippen MR) is 68.0 cm³/mol. The molecule has 1 unspecified atom stereocenters. The highest BCUT2D eigenvalue weighted by molar-refractivity contribution is 6.10. The summed E-state index contributed by atoms with van der Waals surface area (Å²) in [5.74, 6) is -0.993. The summed E-state index contributed by atoms with van der Waals surface area (Å²) in [5, 5.41) is 2.05. The lowest BCUT2D eigenvalue weighted by Gasteiger charge is -2.16. The van der Waals surface area contributed by atoms with Gasteiger partial charge in [-0.15, -0.1) is 0 Å². The number of nitrogens with one attached hydrogen (secondary N) is 1. The van der Waals surface area contributed by atoms with Gasteiger partial charge in [-0.3, -0.25) is 19.8 Å². The lowest BCUT2D eigenvalue weighted by molar-refractivity contribution is -0.131. The molecule has 19 heavy (non-hydrogen) atoms. The minimum Gasteiger partial charge on any atom is -0.320 e. The number of imide groups is 2. The molecular weight excluding hydrogens is 246 g/mol. The van der Waals surface area contributed by atoms with Crippen molar-refractivity contribution in [3.05, 3.63) is 35.9 Å². The molecule has 4 amide bonds. The molecule has 0 saturated carbocycles. The Balaban J connectivity index is 1.89. The summed E-state index contributed by atoms with van der Waals surface area (Å²) in [7, 11) is 0. The van der Waals surface area contributed by atoms with Crippen molar-refractivity contribution in [3.8, 4) is 0 Å². The van der Waals surface area contributed by atoms with Crippen molar-refractivity contribution < 1.29 is 14.4 Å². The zero-order chi connectivity index (χ0) is 13.8. The number of nitrogens with two attached hydrogens (primary N) is 1. The lowest BCUT2D eigenvalue weighted by atomic mass is 10.1. The molecule has 0 aromatic heterocycles. The molecule has 0 radical (unpaired) electrons. The second kappa shape index (κ2) is 5.62. The third-order valence-electron chi connectivity index (χ3n) is 2.96. The van der Waals surface area contributed by atoms with E-state index >= 15 is 0 Å². The summed E-state index contributed by atoms with van der Waals surface area (Å²) in [5.41, 5.74) is 6.85. The molecule has 6 heteroatoms. The van der Waals surface area contributed by atoms with Crippen LogP contribution in [-0.2, 0) is 16.0 Å². The number of urea groups is 1. The molecule has 100 valence electrons. The fraction of sp³-hybridized carbons (Fsp3) is 0.308. The summed E-state index contributed by atoms with van der Waals surface area (Å²) in [6.07, 6.45) is 1.08. The monoisotopic (exact) mass is 261 g/mol. The van der Waals surface area contributed by atoms with E-state index in [1.165, 1.54) is 0 Å². The first kappa shape index (κ1) is 13.2. The van der Waals surface area contributed by atoms with E-state index in [-0.39, 0.29) is 6.54 Å². The molecule has 1 fully saturated rings. The van der Waals surface area contributed by atoms with E-state index in [4.69, 9.17) is 5.73 Å². The highest BCUT2D eigenvalue weighted by Gasteiger charge is 2.34. The Hall–Kier alpha value is -2.21. The van der Waals surface area contributed by atoms with Gasteiger partial charge in [-0.2, -0.15) is 0 Å². The van der Waals surface area contributed by atoms with Crippen molar-refractivity contribution in [2.24, 2.45) is 5.73 Å². The Labute approximate surface area is 110 Å². The van der Waals surface area contributed by atoms with Gasteiger partial charge in [0.05, 0.1) is 6.04 Å². The molecule has 1 atom stereocenters. The first-order valence-electron chi connectivity index (χ1n) is 6.02. The molecule has 1 aliphatic heterocycles. The highest BCUT2D eigenvalue weighted by atomic mass is 16.2. The number of carbonyl (C=O) groups is 3. The van der Waals surface area contributed by atoms with Gasteiger partial charge in [0.15, 0.2) is 0 Å². The SMILES string of the molecule is NC(CCc1ccccc1)C(=O)N1CC(=O)NC1=O. The predicted octanol–water partition coefficient (Wildman–Crippen LogP) is 0.0249. The molecule has 0 bridgehead atoms. The van der Waals surface area contributed by atoms with Crippen LogP contribution in [0.25, 0.3) is 0 Å². The normalized spacial score (nSPS) is 16.4. The molecule has 6 nitrogen and oxygen atoms in total. The van der Waals surface area contributed by atoms with Crippen molar-refractivity contribution in [2.75, 3.05) is 6.54 Å². The fourth-order valence-corrected chi connectivity index (χ4v) is 1.91. The van der Waals surface area contributed by atoms with Crippen molar-refractivity contribution in [2.45, 2.75) is 18.9 Å². The summed E-state index contributed by atoms with van der Waals surface area (Å²) < 4.78 is 0. The van der Waals surface area contributed by atoms with E-state index in [2.05, 4.69) is 0 Å². The van der Waals surface area contributed by atoms with Gasteiger partial charge in [-0.25, -0.2) is 4.79 Å². The third-order valence-corrected chi connectivity index (χ3v) is 2.96.